The first-order valence-electron chi connectivity index (χ1n) is 7.21. The van der Waals surface area contributed by atoms with Crippen LogP contribution in [0.15, 0.2) is 53.3 Å². The van der Waals surface area contributed by atoms with E-state index in [-0.39, 0.29) is 11.6 Å². The number of nitrogens with zero attached hydrogens (tertiary/aromatic N) is 1. The highest BCUT2D eigenvalue weighted by Gasteiger charge is 2.14. The molecular formula is C17H14N4O3. The van der Waals surface area contributed by atoms with E-state index in [2.05, 4.69) is 20.6 Å². The fourth-order valence-corrected chi connectivity index (χ4v) is 2.34. The molecule has 7 nitrogen and oxygen atoms in total. The summed E-state index contributed by atoms with van der Waals surface area (Å²) < 4.78 is 0. The Morgan fingerprint density at radius 1 is 1.00 bits per heavy atom. The second-order valence-corrected chi connectivity index (χ2v) is 5.15. The van der Waals surface area contributed by atoms with E-state index < -0.39 is 11.6 Å². The Balaban J connectivity index is 1.93. The summed E-state index contributed by atoms with van der Waals surface area (Å²) in [4.78, 5) is 41.6. The standard InChI is InChI=1S/C17H14N4O3/c1-10(22)18-11-5-4-6-12(9-11)19-16(23)15-13-7-2-3-8-14(13)20-17(24)21-15/h2-9H,1H3,(H,18,22)(H,19,23)(H,20,21,24). The van der Waals surface area contributed by atoms with Gasteiger partial charge in [-0.3, -0.25) is 9.59 Å². The third kappa shape index (κ3) is 3.30. The molecule has 0 aliphatic heterocycles. The van der Waals surface area contributed by atoms with Gasteiger partial charge in [0, 0.05) is 23.7 Å². The minimum atomic E-state index is -0.592. The van der Waals surface area contributed by atoms with Crippen LogP contribution in [0, 0.1) is 0 Å². The lowest BCUT2D eigenvalue weighted by atomic mass is 10.1. The van der Waals surface area contributed by atoms with Crippen LogP contribution >= 0.6 is 0 Å². The van der Waals surface area contributed by atoms with E-state index in [1.165, 1.54) is 6.92 Å². The Morgan fingerprint density at radius 3 is 2.46 bits per heavy atom. The Bertz CT molecular complexity index is 994. The fraction of sp³-hybridized carbons (Fsp3) is 0.0588. The van der Waals surface area contributed by atoms with E-state index in [9.17, 15) is 14.4 Å². The van der Waals surface area contributed by atoms with Gasteiger partial charge in [-0.25, -0.2) is 4.79 Å². The predicted octanol–water partition coefficient (Wildman–Crippen LogP) is 2.13. The average molecular weight is 322 g/mol. The van der Waals surface area contributed by atoms with Gasteiger partial charge in [0.15, 0.2) is 0 Å². The van der Waals surface area contributed by atoms with Crippen molar-refractivity contribution in [2.45, 2.75) is 6.92 Å². The zero-order valence-corrected chi connectivity index (χ0v) is 12.8. The van der Waals surface area contributed by atoms with E-state index in [0.717, 1.165) is 0 Å². The summed E-state index contributed by atoms with van der Waals surface area (Å²) in [5.41, 5.74) is 1.03. The monoisotopic (exact) mass is 322 g/mol. The summed E-state index contributed by atoms with van der Waals surface area (Å²) in [5.74, 6) is -0.710. The first-order valence-corrected chi connectivity index (χ1v) is 7.21. The number of amides is 2. The van der Waals surface area contributed by atoms with Gasteiger partial charge in [0.1, 0.15) is 5.69 Å². The quantitative estimate of drug-likeness (QED) is 0.687. The molecule has 0 saturated carbocycles. The van der Waals surface area contributed by atoms with Crippen LogP contribution in [-0.4, -0.2) is 21.8 Å². The Hall–Kier alpha value is -3.48. The van der Waals surface area contributed by atoms with Crippen molar-refractivity contribution in [3.63, 3.8) is 0 Å². The molecule has 3 N–H and O–H groups in total. The predicted molar refractivity (Wildman–Crippen MR) is 91.1 cm³/mol. The highest BCUT2D eigenvalue weighted by Crippen LogP contribution is 2.18. The molecular weight excluding hydrogens is 308 g/mol. The molecule has 1 aromatic heterocycles. The minimum absolute atomic E-state index is 0.0410. The van der Waals surface area contributed by atoms with Gasteiger partial charge in [-0.2, -0.15) is 4.98 Å². The van der Waals surface area contributed by atoms with Gasteiger partial charge < -0.3 is 15.6 Å². The smallest absolute Gasteiger partial charge is 0.326 e. The number of H-pyrrole nitrogens is 1. The summed E-state index contributed by atoms with van der Waals surface area (Å²) in [6, 6.07) is 13.6. The van der Waals surface area contributed by atoms with Gasteiger partial charge >= 0.3 is 5.69 Å². The van der Waals surface area contributed by atoms with Crippen LogP contribution in [0.4, 0.5) is 11.4 Å². The lowest BCUT2D eigenvalue weighted by Crippen LogP contribution is -2.21. The van der Waals surface area contributed by atoms with Gasteiger partial charge in [-0.15, -0.1) is 0 Å². The second-order valence-electron chi connectivity index (χ2n) is 5.15. The number of carbonyl (C=O) groups excluding carboxylic acids is 2. The third-order valence-corrected chi connectivity index (χ3v) is 3.29. The van der Waals surface area contributed by atoms with Crippen LogP contribution in [-0.2, 0) is 4.79 Å². The molecule has 120 valence electrons. The topological polar surface area (TPSA) is 104 Å². The number of hydrogen-bond acceptors (Lipinski definition) is 4. The van der Waals surface area contributed by atoms with Gasteiger partial charge in [0.25, 0.3) is 5.91 Å². The number of nitrogens with one attached hydrogen (secondary N) is 3. The van der Waals surface area contributed by atoms with Crippen molar-refractivity contribution in [2.75, 3.05) is 10.6 Å². The fourth-order valence-electron chi connectivity index (χ4n) is 2.34. The molecule has 2 aromatic carbocycles. The molecule has 3 rings (SSSR count). The zero-order chi connectivity index (χ0) is 17.1. The Morgan fingerprint density at radius 2 is 1.71 bits per heavy atom. The van der Waals surface area contributed by atoms with Crippen molar-refractivity contribution < 1.29 is 9.59 Å². The number of aromatic amines is 1. The molecule has 7 heteroatoms. The highest BCUT2D eigenvalue weighted by molar-refractivity contribution is 6.10. The number of carbonyl (C=O) groups is 2. The maximum atomic E-state index is 12.5. The van der Waals surface area contributed by atoms with E-state index in [4.69, 9.17) is 0 Å². The number of aromatic nitrogens is 2. The van der Waals surface area contributed by atoms with Crippen LogP contribution < -0.4 is 16.3 Å². The molecule has 0 fully saturated rings. The maximum absolute atomic E-state index is 12.5. The maximum Gasteiger partial charge on any atom is 0.346 e. The molecule has 0 aliphatic rings. The lowest BCUT2D eigenvalue weighted by Gasteiger charge is -2.08. The number of benzene rings is 2. The molecule has 0 unspecified atom stereocenters. The number of para-hydroxylation sites is 1. The lowest BCUT2D eigenvalue weighted by molar-refractivity contribution is -0.114. The first-order chi connectivity index (χ1) is 11.5. The zero-order valence-electron chi connectivity index (χ0n) is 12.8. The summed E-state index contributed by atoms with van der Waals surface area (Å²) in [5, 5.41) is 5.87. The van der Waals surface area contributed by atoms with Crippen molar-refractivity contribution in [1.29, 1.82) is 0 Å². The number of rotatable bonds is 3. The van der Waals surface area contributed by atoms with E-state index >= 15 is 0 Å². The van der Waals surface area contributed by atoms with Gasteiger partial charge in [-0.1, -0.05) is 24.3 Å². The van der Waals surface area contributed by atoms with Crippen molar-refractivity contribution in [2.24, 2.45) is 0 Å². The second kappa shape index (κ2) is 6.33. The highest BCUT2D eigenvalue weighted by atomic mass is 16.2. The average Bonchev–Trinajstić information content (AvgIpc) is 2.53. The molecule has 0 bridgehead atoms. The van der Waals surface area contributed by atoms with Crippen molar-refractivity contribution in [3.8, 4) is 0 Å². The van der Waals surface area contributed by atoms with Crippen LogP contribution in [0.3, 0.4) is 0 Å². The first kappa shape index (κ1) is 15.4. The van der Waals surface area contributed by atoms with Crippen LogP contribution in [0.2, 0.25) is 0 Å². The molecule has 0 atom stereocenters. The minimum Gasteiger partial charge on any atom is -0.326 e. The van der Waals surface area contributed by atoms with Gasteiger partial charge in [0.2, 0.25) is 5.91 Å². The van der Waals surface area contributed by atoms with E-state index in [1.807, 2.05) is 0 Å². The van der Waals surface area contributed by atoms with E-state index in [0.29, 0.717) is 22.3 Å². The number of hydrogen-bond donors (Lipinski definition) is 3. The third-order valence-electron chi connectivity index (χ3n) is 3.29. The summed E-state index contributed by atoms with van der Waals surface area (Å²) in [6.07, 6.45) is 0. The van der Waals surface area contributed by atoms with Crippen molar-refractivity contribution in [3.05, 3.63) is 64.7 Å². The normalized spacial score (nSPS) is 10.4. The molecule has 0 aliphatic carbocycles. The van der Waals surface area contributed by atoms with Crippen LogP contribution in [0.5, 0.6) is 0 Å². The molecule has 0 saturated heterocycles. The van der Waals surface area contributed by atoms with Crippen LogP contribution in [0.1, 0.15) is 17.4 Å². The molecule has 0 radical (unpaired) electrons. The van der Waals surface area contributed by atoms with Gasteiger partial charge in [-0.05, 0) is 24.3 Å². The SMILES string of the molecule is CC(=O)Nc1cccc(NC(=O)c2nc(=O)[nH]c3ccccc23)c1. The number of fused-ring (bicyclic) bond motifs is 1. The van der Waals surface area contributed by atoms with Gasteiger partial charge in [0.05, 0.1) is 5.52 Å². The van der Waals surface area contributed by atoms with Crippen molar-refractivity contribution in [1.82, 2.24) is 9.97 Å². The molecule has 1 heterocycles. The summed E-state index contributed by atoms with van der Waals surface area (Å²) in [6.45, 7) is 1.40. The van der Waals surface area contributed by atoms with Crippen molar-refractivity contribution >= 4 is 34.1 Å². The Kier molecular flexibility index (Phi) is 4.07. The van der Waals surface area contributed by atoms with Crippen LogP contribution in [0.25, 0.3) is 10.9 Å². The Labute approximate surface area is 136 Å². The molecule has 0 spiro atoms. The molecule has 3 aromatic rings. The largest absolute Gasteiger partial charge is 0.346 e. The summed E-state index contributed by atoms with van der Waals surface area (Å²) >= 11 is 0. The molecule has 2 amide bonds. The number of anilines is 2. The van der Waals surface area contributed by atoms with E-state index in [1.54, 1.807) is 48.5 Å². The summed E-state index contributed by atoms with van der Waals surface area (Å²) in [7, 11) is 0. The molecule has 24 heavy (non-hydrogen) atoms.